The smallest absolute Gasteiger partial charge is 0.248 e. The molecule has 1 fully saturated rings. The molecule has 2 aliphatic rings. The maximum atomic E-state index is 13.1. The van der Waals surface area contributed by atoms with Crippen LogP contribution in [0.2, 0.25) is 0 Å². The number of aromatic nitrogens is 1. The molecule has 0 unspecified atom stereocenters. The number of sulfonamides is 1. The van der Waals surface area contributed by atoms with E-state index in [2.05, 4.69) is 4.98 Å². The lowest BCUT2D eigenvalue weighted by Gasteiger charge is -2.34. The van der Waals surface area contributed by atoms with Gasteiger partial charge in [-0.05, 0) is 61.1 Å². The van der Waals surface area contributed by atoms with Crippen molar-refractivity contribution >= 4 is 37.5 Å². The van der Waals surface area contributed by atoms with Crippen LogP contribution >= 0.6 is 11.3 Å². The van der Waals surface area contributed by atoms with E-state index in [1.807, 2.05) is 36.4 Å². The summed E-state index contributed by atoms with van der Waals surface area (Å²) in [7, 11) is -3.55. The minimum Gasteiger partial charge on any atom is -0.364 e. The lowest BCUT2D eigenvalue weighted by molar-refractivity contribution is -0.137. The van der Waals surface area contributed by atoms with Gasteiger partial charge in [0.05, 0.1) is 21.7 Å². The predicted molar refractivity (Wildman–Crippen MR) is 128 cm³/mol. The van der Waals surface area contributed by atoms with Crippen molar-refractivity contribution in [1.29, 1.82) is 0 Å². The van der Waals surface area contributed by atoms with Crippen molar-refractivity contribution in [1.82, 2.24) is 14.2 Å². The number of benzene rings is 2. The Labute approximate surface area is 198 Å². The fourth-order valence-electron chi connectivity index (χ4n) is 4.50. The molecule has 1 aromatic heterocycles. The molecule has 33 heavy (non-hydrogen) atoms. The van der Waals surface area contributed by atoms with Crippen LogP contribution in [0, 0.1) is 0 Å². The van der Waals surface area contributed by atoms with E-state index >= 15 is 0 Å². The summed E-state index contributed by atoms with van der Waals surface area (Å²) in [5, 5.41) is 0.838. The first-order valence-electron chi connectivity index (χ1n) is 11.3. The van der Waals surface area contributed by atoms with Crippen molar-refractivity contribution in [3.8, 4) is 0 Å². The number of thiazole rings is 1. The number of nitrogens with zero attached hydrogens (tertiary/aromatic N) is 3. The van der Waals surface area contributed by atoms with Gasteiger partial charge in [-0.3, -0.25) is 4.79 Å². The summed E-state index contributed by atoms with van der Waals surface area (Å²) in [4.78, 5) is 19.1. The molecule has 0 spiro atoms. The van der Waals surface area contributed by atoms with Crippen LogP contribution < -0.4 is 0 Å². The molecular weight excluding hydrogens is 458 g/mol. The van der Waals surface area contributed by atoms with Gasteiger partial charge in [-0.25, -0.2) is 13.4 Å². The van der Waals surface area contributed by atoms with E-state index in [0.29, 0.717) is 31.1 Å². The molecule has 1 aliphatic heterocycles. The largest absolute Gasteiger partial charge is 0.364 e. The van der Waals surface area contributed by atoms with Gasteiger partial charge in [0.1, 0.15) is 11.6 Å². The molecule has 5 rings (SSSR count). The Morgan fingerprint density at radius 2 is 1.76 bits per heavy atom. The molecule has 1 saturated heterocycles. The monoisotopic (exact) mass is 485 g/mol. The normalized spacial score (nSPS) is 17.3. The topological polar surface area (TPSA) is 79.8 Å². The number of fused-ring (bicyclic) bond motifs is 2. The minimum atomic E-state index is -3.55. The highest BCUT2D eigenvalue weighted by atomic mass is 32.2. The molecule has 0 radical (unpaired) electrons. The van der Waals surface area contributed by atoms with Gasteiger partial charge >= 0.3 is 0 Å². The predicted octanol–water partition coefficient (Wildman–Crippen LogP) is 3.22. The van der Waals surface area contributed by atoms with Crippen molar-refractivity contribution in [2.75, 3.05) is 32.8 Å². The van der Waals surface area contributed by atoms with Crippen LogP contribution in [0.25, 0.3) is 10.2 Å². The molecule has 174 valence electrons. The molecule has 3 aromatic rings. The number of carbonyl (C=O) groups is 1. The number of piperazine rings is 1. The third kappa shape index (κ3) is 4.82. The van der Waals surface area contributed by atoms with Crippen molar-refractivity contribution in [3.05, 3.63) is 58.6 Å². The summed E-state index contributed by atoms with van der Waals surface area (Å²) in [5.41, 5.74) is 3.35. The first-order chi connectivity index (χ1) is 16.0. The second-order valence-corrected chi connectivity index (χ2v) is 11.5. The maximum absolute atomic E-state index is 13.1. The van der Waals surface area contributed by atoms with E-state index < -0.39 is 10.0 Å². The van der Waals surface area contributed by atoms with E-state index in [1.54, 1.807) is 22.3 Å². The van der Waals surface area contributed by atoms with Gasteiger partial charge in [0.15, 0.2) is 0 Å². The highest BCUT2D eigenvalue weighted by molar-refractivity contribution is 7.89. The Bertz CT molecular complexity index is 1230. The molecule has 2 aromatic carbocycles. The second kappa shape index (κ2) is 9.50. The Hall–Kier alpha value is -2.33. The van der Waals surface area contributed by atoms with Crippen molar-refractivity contribution in [2.24, 2.45) is 0 Å². The van der Waals surface area contributed by atoms with Crippen molar-refractivity contribution in [2.45, 2.75) is 37.2 Å². The fourth-order valence-corrected chi connectivity index (χ4v) is 6.87. The summed E-state index contributed by atoms with van der Waals surface area (Å²) < 4.78 is 34.5. The average Bonchev–Trinajstić information content (AvgIpc) is 3.26. The number of hydrogen-bond acceptors (Lipinski definition) is 6. The zero-order valence-corrected chi connectivity index (χ0v) is 20.0. The number of rotatable bonds is 6. The van der Waals surface area contributed by atoms with Gasteiger partial charge in [0.25, 0.3) is 0 Å². The van der Waals surface area contributed by atoms with Crippen LogP contribution in [0.5, 0.6) is 0 Å². The van der Waals surface area contributed by atoms with Gasteiger partial charge in [-0.15, -0.1) is 11.3 Å². The number of carbonyl (C=O) groups excluding carboxylic acids is 1. The van der Waals surface area contributed by atoms with E-state index in [0.717, 1.165) is 40.1 Å². The molecule has 2 heterocycles. The first kappa shape index (κ1) is 22.5. The van der Waals surface area contributed by atoms with E-state index in [4.69, 9.17) is 4.74 Å². The van der Waals surface area contributed by atoms with Crippen LogP contribution in [0.3, 0.4) is 0 Å². The Morgan fingerprint density at radius 1 is 1.00 bits per heavy atom. The van der Waals surface area contributed by atoms with Crippen LogP contribution in [0.1, 0.15) is 29.0 Å². The molecule has 0 atom stereocenters. The highest BCUT2D eigenvalue weighted by Crippen LogP contribution is 2.26. The van der Waals surface area contributed by atoms with Gasteiger partial charge in [-0.1, -0.05) is 18.2 Å². The first-order valence-corrected chi connectivity index (χ1v) is 13.6. The van der Waals surface area contributed by atoms with Crippen molar-refractivity contribution < 1.29 is 17.9 Å². The number of aryl methyl sites for hydroxylation is 2. The number of amides is 1. The van der Waals surface area contributed by atoms with Gasteiger partial charge < -0.3 is 9.64 Å². The molecule has 0 saturated carbocycles. The zero-order valence-electron chi connectivity index (χ0n) is 18.4. The van der Waals surface area contributed by atoms with Crippen LogP contribution in [-0.4, -0.2) is 61.3 Å². The molecule has 1 aliphatic carbocycles. The standard InChI is InChI=1S/C24H27N3O4S2/c28-24(17-31-16-23-25-21-7-3-4-8-22(21)32-23)26-11-13-27(14-12-26)33(29,30)20-10-9-18-5-1-2-6-19(18)15-20/h3-4,7-10,15H,1-2,5-6,11-14,16-17H2. The van der Waals surface area contributed by atoms with E-state index in [9.17, 15) is 13.2 Å². The van der Waals surface area contributed by atoms with Crippen molar-refractivity contribution in [3.63, 3.8) is 0 Å². The van der Waals surface area contributed by atoms with E-state index in [-0.39, 0.29) is 19.1 Å². The Morgan fingerprint density at radius 3 is 2.55 bits per heavy atom. The molecule has 9 heteroatoms. The lowest BCUT2D eigenvalue weighted by atomic mass is 9.92. The van der Waals surface area contributed by atoms with Gasteiger partial charge in [0.2, 0.25) is 15.9 Å². The average molecular weight is 486 g/mol. The molecular formula is C24H27N3O4S2. The number of ether oxygens (including phenoxy) is 1. The summed E-state index contributed by atoms with van der Waals surface area (Å²) >= 11 is 1.56. The summed E-state index contributed by atoms with van der Waals surface area (Å²) in [6, 6.07) is 13.4. The van der Waals surface area contributed by atoms with Gasteiger partial charge in [-0.2, -0.15) is 4.31 Å². The minimum absolute atomic E-state index is 0.0342. The number of hydrogen-bond donors (Lipinski definition) is 0. The van der Waals surface area contributed by atoms with Gasteiger partial charge in [0, 0.05) is 26.2 Å². The van der Waals surface area contributed by atoms with Crippen LogP contribution in [0.4, 0.5) is 0 Å². The van der Waals surface area contributed by atoms with Crippen LogP contribution in [-0.2, 0) is 39.0 Å². The molecule has 7 nitrogen and oxygen atoms in total. The Kier molecular flexibility index (Phi) is 6.47. The lowest BCUT2D eigenvalue weighted by Crippen LogP contribution is -2.51. The summed E-state index contributed by atoms with van der Waals surface area (Å²) in [6.07, 6.45) is 4.24. The summed E-state index contributed by atoms with van der Waals surface area (Å²) in [5.74, 6) is -0.123. The number of para-hydroxylation sites is 1. The maximum Gasteiger partial charge on any atom is 0.248 e. The third-order valence-electron chi connectivity index (χ3n) is 6.34. The van der Waals surface area contributed by atoms with E-state index in [1.165, 1.54) is 16.3 Å². The molecule has 0 bridgehead atoms. The Balaban J connectivity index is 1.13. The summed E-state index contributed by atoms with van der Waals surface area (Å²) in [6.45, 7) is 1.58. The third-order valence-corrected chi connectivity index (χ3v) is 9.24. The van der Waals surface area contributed by atoms with Crippen LogP contribution in [0.15, 0.2) is 47.4 Å². The fraction of sp³-hybridized carbons (Fsp3) is 0.417. The zero-order chi connectivity index (χ0) is 22.8. The highest BCUT2D eigenvalue weighted by Gasteiger charge is 2.30. The molecule has 1 amide bonds. The SMILES string of the molecule is O=C(COCc1nc2ccccc2s1)N1CCN(S(=O)(=O)c2ccc3c(c2)CCCC3)CC1. The quantitative estimate of drug-likeness (QED) is 0.536. The second-order valence-electron chi connectivity index (χ2n) is 8.49. The molecule has 0 N–H and O–H groups in total.